The number of halogens is 1. The van der Waals surface area contributed by atoms with Crippen molar-refractivity contribution in [3.63, 3.8) is 0 Å². The van der Waals surface area contributed by atoms with E-state index in [2.05, 4.69) is 15.5 Å². The zero-order valence-corrected chi connectivity index (χ0v) is 16.4. The van der Waals surface area contributed by atoms with Gasteiger partial charge in [0.25, 0.3) is 5.91 Å². The monoisotopic (exact) mass is 419 g/mol. The molecule has 1 aliphatic rings. The second-order valence-electron chi connectivity index (χ2n) is 6.49. The van der Waals surface area contributed by atoms with Gasteiger partial charge in [-0.1, -0.05) is 17.7 Å². The van der Waals surface area contributed by atoms with Crippen LogP contribution in [0.1, 0.15) is 29.0 Å². The molecular formula is C18H18ClN5O3S. The molecule has 146 valence electrons. The molecule has 0 unspecified atom stereocenters. The van der Waals surface area contributed by atoms with Crippen molar-refractivity contribution >= 4 is 38.9 Å². The van der Waals surface area contributed by atoms with Gasteiger partial charge < -0.3 is 5.32 Å². The summed E-state index contributed by atoms with van der Waals surface area (Å²) in [5.74, 6) is 0.330. The highest BCUT2D eigenvalue weighted by Crippen LogP contribution is 2.31. The maximum atomic E-state index is 12.6. The van der Waals surface area contributed by atoms with Crippen molar-refractivity contribution in [3.8, 4) is 0 Å². The summed E-state index contributed by atoms with van der Waals surface area (Å²) in [4.78, 5) is 12.6. The fourth-order valence-corrected chi connectivity index (χ4v) is 5.09. The Hall–Kier alpha value is -2.65. The first-order chi connectivity index (χ1) is 13.5. The van der Waals surface area contributed by atoms with Gasteiger partial charge in [-0.25, -0.2) is 8.42 Å². The van der Waals surface area contributed by atoms with E-state index in [9.17, 15) is 13.2 Å². The van der Waals surface area contributed by atoms with E-state index in [0.29, 0.717) is 40.7 Å². The summed E-state index contributed by atoms with van der Waals surface area (Å²) in [5.41, 5.74) is 1.35. The van der Waals surface area contributed by atoms with E-state index < -0.39 is 10.0 Å². The van der Waals surface area contributed by atoms with Crippen LogP contribution in [0.5, 0.6) is 0 Å². The summed E-state index contributed by atoms with van der Waals surface area (Å²) >= 11 is 6.23. The SMILES string of the molecule is O=C(NCc1nnc2ccccn12)c1ccc(Cl)c(N2CCCCS2(=O)=O)c1. The van der Waals surface area contributed by atoms with Gasteiger partial charge in [-0.05, 0) is 43.2 Å². The fourth-order valence-electron chi connectivity index (χ4n) is 3.18. The molecule has 0 radical (unpaired) electrons. The number of amides is 1. The number of fused-ring (bicyclic) bond motifs is 1. The Morgan fingerprint density at radius 3 is 2.86 bits per heavy atom. The topological polar surface area (TPSA) is 96.7 Å². The predicted octanol–water partition coefficient (Wildman–Crippen LogP) is 2.24. The highest BCUT2D eigenvalue weighted by Gasteiger charge is 2.28. The number of hydrogen-bond donors (Lipinski definition) is 1. The van der Waals surface area contributed by atoms with Gasteiger partial charge in [0.2, 0.25) is 10.0 Å². The lowest BCUT2D eigenvalue weighted by Gasteiger charge is -2.29. The van der Waals surface area contributed by atoms with Crippen molar-refractivity contribution in [1.82, 2.24) is 19.9 Å². The molecule has 1 aliphatic heterocycles. The van der Waals surface area contributed by atoms with E-state index in [1.165, 1.54) is 10.4 Å². The average molecular weight is 420 g/mol. The van der Waals surface area contributed by atoms with Crippen LogP contribution in [-0.2, 0) is 16.6 Å². The van der Waals surface area contributed by atoms with Crippen molar-refractivity contribution < 1.29 is 13.2 Å². The van der Waals surface area contributed by atoms with Gasteiger partial charge in [0, 0.05) is 18.3 Å². The summed E-state index contributed by atoms with van der Waals surface area (Å²) in [6.45, 7) is 0.544. The number of nitrogens with one attached hydrogen (secondary N) is 1. The van der Waals surface area contributed by atoms with Crippen LogP contribution in [-0.4, -0.2) is 41.2 Å². The molecule has 3 aromatic rings. The van der Waals surface area contributed by atoms with Crippen LogP contribution in [0.25, 0.3) is 5.65 Å². The first-order valence-electron chi connectivity index (χ1n) is 8.82. The minimum absolute atomic E-state index is 0.0830. The second kappa shape index (κ2) is 7.40. The minimum atomic E-state index is -3.42. The minimum Gasteiger partial charge on any atom is -0.345 e. The number of carbonyl (C=O) groups excluding carboxylic acids is 1. The second-order valence-corrected chi connectivity index (χ2v) is 8.91. The summed E-state index contributed by atoms with van der Waals surface area (Å²) < 4.78 is 27.8. The third-order valence-electron chi connectivity index (χ3n) is 4.62. The predicted molar refractivity (Wildman–Crippen MR) is 106 cm³/mol. The van der Waals surface area contributed by atoms with E-state index in [4.69, 9.17) is 11.6 Å². The van der Waals surface area contributed by atoms with Crippen LogP contribution in [0.15, 0.2) is 42.6 Å². The zero-order valence-electron chi connectivity index (χ0n) is 14.9. The van der Waals surface area contributed by atoms with E-state index in [1.54, 1.807) is 16.5 Å². The third-order valence-corrected chi connectivity index (χ3v) is 6.79. The highest BCUT2D eigenvalue weighted by molar-refractivity contribution is 7.92. The first kappa shape index (κ1) is 18.7. The quantitative estimate of drug-likeness (QED) is 0.699. The Balaban J connectivity index is 1.55. The number of carbonyl (C=O) groups is 1. The van der Waals surface area contributed by atoms with Crippen molar-refractivity contribution in [2.45, 2.75) is 19.4 Å². The number of aromatic nitrogens is 3. The van der Waals surface area contributed by atoms with Crippen LogP contribution in [0.4, 0.5) is 5.69 Å². The lowest BCUT2D eigenvalue weighted by atomic mass is 10.1. The summed E-state index contributed by atoms with van der Waals surface area (Å²) in [6, 6.07) is 10.2. The Labute approximate surface area is 167 Å². The van der Waals surface area contributed by atoms with E-state index in [1.807, 2.05) is 24.4 Å². The number of anilines is 1. The van der Waals surface area contributed by atoms with Gasteiger partial charge in [0.05, 0.1) is 23.0 Å². The Kier molecular flexibility index (Phi) is 4.94. The number of sulfonamides is 1. The lowest BCUT2D eigenvalue weighted by molar-refractivity contribution is 0.0950. The van der Waals surface area contributed by atoms with E-state index in [-0.39, 0.29) is 18.2 Å². The fraction of sp³-hybridized carbons (Fsp3) is 0.278. The largest absolute Gasteiger partial charge is 0.345 e. The van der Waals surface area contributed by atoms with Crippen molar-refractivity contribution in [2.24, 2.45) is 0 Å². The van der Waals surface area contributed by atoms with E-state index >= 15 is 0 Å². The van der Waals surface area contributed by atoms with Crippen LogP contribution < -0.4 is 9.62 Å². The maximum Gasteiger partial charge on any atom is 0.251 e. The molecule has 1 N–H and O–H groups in total. The number of rotatable bonds is 4. The molecule has 0 atom stereocenters. The molecule has 1 fully saturated rings. The molecule has 1 saturated heterocycles. The molecule has 1 amide bonds. The van der Waals surface area contributed by atoms with Crippen molar-refractivity contribution in [1.29, 1.82) is 0 Å². The summed E-state index contributed by atoms with van der Waals surface area (Å²) in [7, 11) is -3.42. The van der Waals surface area contributed by atoms with Crippen LogP contribution in [0.3, 0.4) is 0 Å². The molecule has 0 spiro atoms. The first-order valence-corrected chi connectivity index (χ1v) is 10.8. The number of benzene rings is 1. The average Bonchev–Trinajstić information content (AvgIpc) is 3.10. The van der Waals surface area contributed by atoms with Gasteiger partial charge in [0.15, 0.2) is 11.5 Å². The number of nitrogens with zero attached hydrogens (tertiary/aromatic N) is 4. The number of pyridine rings is 1. The van der Waals surface area contributed by atoms with Crippen LogP contribution >= 0.6 is 11.6 Å². The molecule has 3 heterocycles. The van der Waals surface area contributed by atoms with Crippen molar-refractivity contribution in [3.05, 3.63) is 59.0 Å². The Morgan fingerprint density at radius 2 is 2.04 bits per heavy atom. The normalized spacial score (nSPS) is 16.2. The summed E-state index contributed by atoms with van der Waals surface area (Å²) in [5, 5.41) is 11.2. The standard InChI is InChI=1S/C18H18ClN5O3S/c19-14-7-6-13(11-15(14)24-9-3-4-10-28(24,26)27)18(25)20-12-17-22-21-16-5-1-2-8-23(16)17/h1-2,5-8,11H,3-4,9-10,12H2,(H,20,25). The van der Waals surface area contributed by atoms with Gasteiger partial charge in [-0.3, -0.25) is 13.5 Å². The Morgan fingerprint density at radius 1 is 1.18 bits per heavy atom. The van der Waals surface area contributed by atoms with Crippen molar-refractivity contribution in [2.75, 3.05) is 16.6 Å². The van der Waals surface area contributed by atoms with Gasteiger partial charge in [-0.2, -0.15) is 0 Å². The molecule has 1 aromatic carbocycles. The number of hydrogen-bond acceptors (Lipinski definition) is 5. The molecule has 2 aromatic heterocycles. The molecule has 0 bridgehead atoms. The van der Waals surface area contributed by atoms with Crippen LogP contribution in [0, 0.1) is 0 Å². The zero-order chi connectivity index (χ0) is 19.7. The maximum absolute atomic E-state index is 12.6. The lowest BCUT2D eigenvalue weighted by Crippen LogP contribution is -2.38. The molecule has 0 saturated carbocycles. The van der Waals surface area contributed by atoms with Gasteiger partial charge in [0.1, 0.15) is 0 Å². The van der Waals surface area contributed by atoms with Crippen LogP contribution in [0.2, 0.25) is 5.02 Å². The molecule has 4 rings (SSSR count). The molecule has 28 heavy (non-hydrogen) atoms. The molecule has 10 heteroatoms. The third kappa shape index (κ3) is 3.55. The molecular weight excluding hydrogens is 402 g/mol. The molecule has 8 nitrogen and oxygen atoms in total. The van der Waals surface area contributed by atoms with Gasteiger partial charge >= 0.3 is 0 Å². The smallest absolute Gasteiger partial charge is 0.251 e. The molecule has 0 aliphatic carbocycles. The Bertz CT molecular complexity index is 1150. The highest BCUT2D eigenvalue weighted by atomic mass is 35.5. The van der Waals surface area contributed by atoms with Gasteiger partial charge in [-0.15, -0.1) is 10.2 Å². The van der Waals surface area contributed by atoms with E-state index in [0.717, 1.165) is 6.42 Å². The summed E-state index contributed by atoms with van der Waals surface area (Å²) in [6.07, 6.45) is 3.20.